The van der Waals surface area contributed by atoms with Gasteiger partial charge in [-0.1, -0.05) is 0 Å². The van der Waals surface area contributed by atoms with Gasteiger partial charge in [0.15, 0.2) is 0 Å². The Kier molecular flexibility index (Phi) is 3.61. The van der Waals surface area contributed by atoms with Gasteiger partial charge in [-0.2, -0.15) is 0 Å². The lowest BCUT2D eigenvalue weighted by molar-refractivity contribution is -0.139. The summed E-state index contributed by atoms with van der Waals surface area (Å²) in [5.41, 5.74) is -0.811. The van der Waals surface area contributed by atoms with E-state index < -0.39 is 11.5 Å². The molecule has 5 nitrogen and oxygen atoms in total. The van der Waals surface area contributed by atoms with Crippen molar-refractivity contribution in [3.63, 3.8) is 0 Å². The third kappa shape index (κ3) is 3.22. The van der Waals surface area contributed by atoms with Crippen LogP contribution in [0.5, 0.6) is 0 Å². The molecule has 2 N–H and O–H groups in total. The van der Waals surface area contributed by atoms with Crippen LogP contribution in [0.3, 0.4) is 0 Å². The summed E-state index contributed by atoms with van der Waals surface area (Å²) < 4.78 is 5.02. The molecule has 2 rings (SSSR count). The van der Waals surface area contributed by atoms with E-state index in [4.69, 9.17) is 9.84 Å². The Morgan fingerprint density at radius 3 is 2.61 bits per heavy atom. The second-order valence-electron chi connectivity index (χ2n) is 5.90. The van der Waals surface area contributed by atoms with E-state index >= 15 is 0 Å². The first-order chi connectivity index (χ1) is 8.45. The number of carboxylic acid groups (broad SMARTS) is 1. The molecule has 0 heterocycles. The number of aliphatic carboxylic acids is 1. The van der Waals surface area contributed by atoms with Gasteiger partial charge < -0.3 is 15.2 Å². The summed E-state index contributed by atoms with van der Waals surface area (Å²) >= 11 is 0. The maximum Gasteiger partial charge on any atom is 0.305 e. The van der Waals surface area contributed by atoms with Gasteiger partial charge in [-0.25, -0.2) is 0 Å². The summed E-state index contributed by atoms with van der Waals surface area (Å²) in [5.74, 6) is 0.454. The van der Waals surface area contributed by atoms with E-state index in [-0.39, 0.29) is 24.9 Å². The fourth-order valence-electron chi connectivity index (χ4n) is 2.74. The Morgan fingerprint density at radius 1 is 1.44 bits per heavy atom. The van der Waals surface area contributed by atoms with Gasteiger partial charge in [-0.05, 0) is 38.0 Å². The molecule has 0 aromatic carbocycles. The van der Waals surface area contributed by atoms with Crippen molar-refractivity contribution in [1.82, 2.24) is 5.32 Å². The summed E-state index contributed by atoms with van der Waals surface area (Å²) in [4.78, 5) is 22.9. The van der Waals surface area contributed by atoms with E-state index in [1.165, 1.54) is 20.0 Å². The molecule has 102 valence electrons. The summed E-state index contributed by atoms with van der Waals surface area (Å²) in [5, 5.41) is 11.7. The molecule has 0 aliphatic heterocycles. The quantitative estimate of drug-likeness (QED) is 0.712. The standard InChI is InChI=1S/C13H21NO4/c1-13(7-18-2,6-11(15)16)14-12(17)10-5-9(10)8-3-4-8/h8-10H,3-7H2,1-2H3,(H,14,17)(H,15,16)/t9-,10-,13+/m1/s1. The average Bonchev–Trinajstić information content (AvgIpc) is 3.10. The minimum Gasteiger partial charge on any atom is -0.481 e. The van der Waals surface area contributed by atoms with Gasteiger partial charge in [-0.3, -0.25) is 9.59 Å². The molecule has 2 fully saturated rings. The highest BCUT2D eigenvalue weighted by Gasteiger charge is 2.52. The third-order valence-corrected chi connectivity index (χ3v) is 3.83. The van der Waals surface area contributed by atoms with Gasteiger partial charge in [0.1, 0.15) is 0 Å². The number of hydrogen-bond donors (Lipinski definition) is 2. The fourth-order valence-corrected chi connectivity index (χ4v) is 2.74. The number of carboxylic acids is 1. The van der Waals surface area contributed by atoms with Crippen molar-refractivity contribution in [2.24, 2.45) is 17.8 Å². The van der Waals surface area contributed by atoms with Gasteiger partial charge in [0, 0.05) is 13.0 Å². The maximum absolute atomic E-state index is 12.1. The second kappa shape index (κ2) is 4.88. The Bertz CT molecular complexity index is 353. The zero-order valence-corrected chi connectivity index (χ0v) is 10.9. The predicted octanol–water partition coefficient (Wildman–Crippen LogP) is 1.03. The van der Waals surface area contributed by atoms with Crippen LogP contribution in [-0.4, -0.2) is 36.2 Å². The van der Waals surface area contributed by atoms with Crippen LogP contribution < -0.4 is 5.32 Å². The van der Waals surface area contributed by atoms with E-state index in [0.717, 1.165) is 12.3 Å². The summed E-state index contributed by atoms with van der Waals surface area (Å²) in [6.45, 7) is 1.93. The molecule has 2 aliphatic rings. The topological polar surface area (TPSA) is 75.6 Å². The number of nitrogens with one attached hydrogen (secondary N) is 1. The molecule has 2 aliphatic carbocycles. The minimum atomic E-state index is -0.926. The number of amides is 1. The van der Waals surface area contributed by atoms with Crippen molar-refractivity contribution in [1.29, 1.82) is 0 Å². The van der Waals surface area contributed by atoms with Crippen LogP contribution in [0.2, 0.25) is 0 Å². The second-order valence-corrected chi connectivity index (χ2v) is 5.90. The van der Waals surface area contributed by atoms with E-state index in [9.17, 15) is 9.59 Å². The Labute approximate surface area is 107 Å². The molecular weight excluding hydrogens is 234 g/mol. The van der Waals surface area contributed by atoms with Crippen molar-refractivity contribution in [2.45, 2.75) is 38.1 Å². The number of carbonyl (C=O) groups excluding carboxylic acids is 1. The largest absolute Gasteiger partial charge is 0.481 e. The van der Waals surface area contributed by atoms with Crippen molar-refractivity contribution >= 4 is 11.9 Å². The van der Waals surface area contributed by atoms with Crippen molar-refractivity contribution in [2.75, 3.05) is 13.7 Å². The molecule has 2 saturated carbocycles. The lowest BCUT2D eigenvalue weighted by Crippen LogP contribution is -2.51. The zero-order chi connectivity index (χ0) is 13.3. The number of rotatable bonds is 7. The summed E-state index contributed by atoms with van der Waals surface area (Å²) in [6.07, 6.45) is 3.35. The van der Waals surface area contributed by atoms with Gasteiger partial charge >= 0.3 is 5.97 Å². The normalized spacial score (nSPS) is 29.4. The molecule has 0 spiro atoms. The smallest absolute Gasteiger partial charge is 0.305 e. The highest BCUT2D eigenvalue weighted by molar-refractivity contribution is 5.83. The van der Waals surface area contributed by atoms with Crippen molar-refractivity contribution < 1.29 is 19.4 Å². The third-order valence-electron chi connectivity index (χ3n) is 3.83. The highest BCUT2D eigenvalue weighted by atomic mass is 16.5. The van der Waals surface area contributed by atoms with Crippen LogP contribution in [0.1, 0.15) is 32.6 Å². The first-order valence-electron chi connectivity index (χ1n) is 6.48. The Hall–Kier alpha value is -1.10. The first kappa shape index (κ1) is 13.3. The molecule has 0 bridgehead atoms. The van der Waals surface area contributed by atoms with E-state index in [2.05, 4.69) is 5.32 Å². The van der Waals surface area contributed by atoms with E-state index in [1.54, 1.807) is 6.92 Å². The number of ether oxygens (including phenoxy) is 1. The van der Waals surface area contributed by atoms with Crippen LogP contribution in [0, 0.1) is 17.8 Å². The number of carbonyl (C=O) groups is 2. The molecule has 0 aromatic heterocycles. The molecule has 0 aromatic rings. The maximum atomic E-state index is 12.1. The fraction of sp³-hybridized carbons (Fsp3) is 0.846. The van der Waals surface area contributed by atoms with Gasteiger partial charge in [-0.15, -0.1) is 0 Å². The molecule has 18 heavy (non-hydrogen) atoms. The van der Waals surface area contributed by atoms with Crippen LogP contribution in [0.4, 0.5) is 0 Å². The molecule has 0 unspecified atom stereocenters. The average molecular weight is 255 g/mol. The Balaban J connectivity index is 1.87. The number of methoxy groups -OCH3 is 1. The minimum absolute atomic E-state index is 0.00676. The summed E-state index contributed by atoms with van der Waals surface area (Å²) in [6, 6.07) is 0. The van der Waals surface area contributed by atoms with Crippen LogP contribution in [-0.2, 0) is 14.3 Å². The predicted molar refractivity (Wildman–Crippen MR) is 65.0 cm³/mol. The van der Waals surface area contributed by atoms with Gasteiger partial charge in [0.2, 0.25) is 5.91 Å². The number of hydrogen-bond acceptors (Lipinski definition) is 3. The molecule has 5 heteroatoms. The van der Waals surface area contributed by atoms with Crippen molar-refractivity contribution in [3.05, 3.63) is 0 Å². The molecule has 0 saturated heterocycles. The highest BCUT2D eigenvalue weighted by Crippen LogP contribution is 2.54. The van der Waals surface area contributed by atoms with E-state index in [1.807, 2.05) is 0 Å². The Morgan fingerprint density at radius 2 is 2.11 bits per heavy atom. The van der Waals surface area contributed by atoms with Crippen LogP contribution in [0.15, 0.2) is 0 Å². The summed E-state index contributed by atoms with van der Waals surface area (Å²) in [7, 11) is 1.51. The first-order valence-corrected chi connectivity index (χ1v) is 6.48. The lowest BCUT2D eigenvalue weighted by Gasteiger charge is -2.28. The van der Waals surface area contributed by atoms with Crippen LogP contribution in [0.25, 0.3) is 0 Å². The lowest BCUT2D eigenvalue weighted by atomic mass is 9.98. The molecule has 0 radical (unpaired) electrons. The van der Waals surface area contributed by atoms with Crippen LogP contribution >= 0.6 is 0 Å². The van der Waals surface area contributed by atoms with Gasteiger partial charge in [0.25, 0.3) is 0 Å². The molecule has 3 atom stereocenters. The zero-order valence-electron chi connectivity index (χ0n) is 10.9. The van der Waals surface area contributed by atoms with Crippen molar-refractivity contribution in [3.8, 4) is 0 Å². The van der Waals surface area contributed by atoms with Gasteiger partial charge in [0.05, 0.1) is 18.6 Å². The monoisotopic (exact) mass is 255 g/mol. The molecule has 1 amide bonds. The molecular formula is C13H21NO4. The SMILES string of the molecule is COC[C@](C)(CC(=O)O)NC(=O)[C@@H]1C[C@@H]1C1CC1. The van der Waals surface area contributed by atoms with E-state index in [0.29, 0.717) is 5.92 Å².